The summed E-state index contributed by atoms with van der Waals surface area (Å²) in [5, 5.41) is 1.11. The van der Waals surface area contributed by atoms with Crippen molar-refractivity contribution >= 4 is 16.8 Å². The van der Waals surface area contributed by atoms with Crippen molar-refractivity contribution in [3.63, 3.8) is 0 Å². The predicted octanol–water partition coefficient (Wildman–Crippen LogP) is 3.86. The second kappa shape index (κ2) is 8.91. The number of carbonyl (C=O) groups excluding carboxylic acids is 1. The number of benzene rings is 1. The van der Waals surface area contributed by atoms with Crippen LogP contribution in [0.2, 0.25) is 0 Å². The number of piperidine rings is 1. The Morgan fingerprint density at radius 3 is 2.82 bits per heavy atom. The van der Waals surface area contributed by atoms with Gasteiger partial charge in [-0.1, -0.05) is 18.2 Å². The second-order valence-electron chi connectivity index (χ2n) is 8.20. The van der Waals surface area contributed by atoms with E-state index in [1.807, 2.05) is 17.0 Å². The molecule has 0 saturated carbocycles. The number of carbonyl (C=O) groups is 1. The molecule has 2 saturated heterocycles. The fraction of sp³-hybridized carbons (Fsp3) is 0.565. The SMILES string of the molecule is COc1cccc2ccc(CN3CCCC(CCC(=O)N4CCCC4)C3)nc12. The molecule has 2 aromatic rings. The number of methoxy groups -OCH3 is 1. The fourth-order valence-corrected chi connectivity index (χ4v) is 4.62. The Balaban J connectivity index is 1.34. The van der Waals surface area contributed by atoms with Crippen molar-refractivity contribution in [2.45, 2.75) is 45.1 Å². The number of hydrogen-bond donors (Lipinski definition) is 0. The molecule has 0 N–H and O–H groups in total. The first kappa shape index (κ1) is 19.2. The molecule has 1 amide bonds. The number of nitrogens with zero attached hydrogens (tertiary/aromatic N) is 3. The summed E-state index contributed by atoms with van der Waals surface area (Å²) in [4.78, 5) is 21.7. The van der Waals surface area contributed by atoms with Crippen molar-refractivity contribution in [3.8, 4) is 5.75 Å². The highest BCUT2D eigenvalue weighted by molar-refractivity contribution is 5.84. The van der Waals surface area contributed by atoms with Gasteiger partial charge < -0.3 is 9.64 Å². The van der Waals surface area contributed by atoms with Crippen LogP contribution in [0.5, 0.6) is 5.75 Å². The van der Waals surface area contributed by atoms with Crippen LogP contribution in [0.25, 0.3) is 10.9 Å². The number of hydrogen-bond acceptors (Lipinski definition) is 4. The number of pyridine rings is 1. The maximum absolute atomic E-state index is 12.3. The molecular weight excluding hydrogens is 350 g/mol. The van der Waals surface area contributed by atoms with Gasteiger partial charge in [-0.15, -0.1) is 0 Å². The van der Waals surface area contributed by atoms with Crippen LogP contribution < -0.4 is 4.74 Å². The molecular formula is C23H31N3O2. The first-order valence-electron chi connectivity index (χ1n) is 10.7. The van der Waals surface area contributed by atoms with Crippen LogP contribution >= 0.6 is 0 Å². The van der Waals surface area contributed by atoms with Gasteiger partial charge in [-0.3, -0.25) is 9.69 Å². The van der Waals surface area contributed by atoms with Gasteiger partial charge in [0, 0.05) is 38.0 Å². The summed E-state index contributed by atoms with van der Waals surface area (Å²) in [6.07, 6.45) is 6.52. The number of aromatic nitrogens is 1. The molecule has 5 heteroatoms. The lowest BCUT2D eigenvalue weighted by Gasteiger charge is -2.32. The Kier molecular flexibility index (Phi) is 6.10. The average molecular weight is 382 g/mol. The summed E-state index contributed by atoms with van der Waals surface area (Å²) in [6, 6.07) is 10.3. The van der Waals surface area contributed by atoms with Crippen molar-refractivity contribution in [2.24, 2.45) is 5.92 Å². The van der Waals surface area contributed by atoms with Gasteiger partial charge in [0.05, 0.1) is 12.8 Å². The largest absolute Gasteiger partial charge is 0.494 e. The van der Waals surface area contributed by atoms with E-state index in [4.69, 9.17) is 9.72 Å². The van der Waals surface area contributed by atoms with E-state index in [9.17, 15) is 4.79 Å². The molecule has 1 unspecified atom stereocenters. The maximum atomic E-state index is 12.3. The third kappa shape index (κ3) is 4.46. The quantitative estimate of drug-likeness (QED) is 0.762. The van der Waals surface area contributed by atoms with Gasteiger partial charge >= 0.3 is 0 Å². The zero-order valence-corrected chi connectivity index (χ0v) is 16.9. The molecule has 2 aliphatic rings. The summed E-state index contributed by atoms with van der Waals surface area (Å²) in [5.74, 6) is 1.81. The number of amides is 1. The van der Waals surface area contributed by atoms with Gasteiger partial charge in [0.1, 0.15) is 11.3 Å². The van der Waals surface area contributed by atoms with E-state index in [0.717, 1.165) is 61.5 Å². The van der Waals surface area contributed by atoms with Crippen LogP contribution in [-0.4, -0.2) is 54.0 Å². The van der Waals surface area contributed by atoms with Gasteiger partial charge in [-0.05, 0) is 56.7 Å². The molecule has 2 fully saturated rings. The highest BCUT2D eigenvalue weighted by atomic mass is 16.5. The van der Waals surface area contributed by atoms with Crippen molar-refractivity contribution in [3.05, 3.63) is 36.0 Å². The predicted molar refractivity (Wildman–Crippen MR) is 111 cm³/mol. The van der Waals surface area contributed by atoms with Gasteiger partial charge in [0.25, 0.3) is 0 Å². The molecule has 1 atom stereocenters. The summed E-state index contributed by atoms with van der Waals surface area (Å²) in [5.41, 5.74) is 2.03. The van der Waals surface area contributed by atoms with Crippen LogP contribution in [-0.2, 0) is 11.3 Å². The Morgan fingerprint density at radius 1 is 1.14 bits per heavy atom. The topological polar surface area (TPSA) is 45.7 Å². The number of ether oxygens (including phenoxy) is 1. The molecule has 5 nitrogen and oxygen atoms in total. The smallest absolute Gasteiger partial charge is 0.222 e. The van der Waals surface area contributed by atoms with Gasteiger partial charge in [0.2, 0.25) is 5.91 Å². The van der Waals surface area contributed by atoms with Crippen LogP contribution in [0.4, 0.5) is 0 Å². The zero-order valence-electron chi connectivity index (χ0n) is 16.9. The lowest BCUT2D eigenvalue weighted by molar-refractivity contribution is -0.130. The third-order valence-electron chi connectivity index (χ3n) is 6.17. The van der Waals surface area contributed by atoms with Crippen molar-refractivity contribution in [1.29, 1.82) is 0 Å². The molecule has 28 heavy (non-hydrogen) atoms. The van der Waals surface area contributed by atoms with Gasteiger partial charge in [-0.2, -0.15) is 0 Å². The number of likely N-dealkylation sites (tertiary alicyclic amines) is 2. The Hall–Kier alpha value is -2.14. The van der Waals surface area contributed by atoms with Crippen LogP contribution in [0.15, 0.2) is 30.3 Å². The first-order valence-corrected chi connectivity index (χ1v) is 10.7. The van der Waals surface area contributed by atoms with E-state index in [1.54, 1.807) is 7.11 Å². The highest BCUT2D eigenvalue weighted by Gasteiger charge is 2.23. The third-order valence-corrected chi connectivity index (χ3v) is 6.17. The van der Waals surface area contributed by atoms with Gasteiger partial charge in [-0.25, -0.2) is 4.98 Å². The van der Waals surface area contributed by atoms with Gasteiger partial charge in [0.15, 0.2) is 0 Å². The normalized spacial score (nSPS) is 20.6. The minimum Gasteiger partial charge on any atom is -0.494 e. The zero-order chi connectivity index (χ0) is 19.3. The average Bonchev–Trinajstić information content (AvgIpc) is 3.27. The molecule has 0 spiro atoms. The molecule has 150 valence electrons. The highest BCUT2D eigenvalue weighted by Crippen LogP contribution is 2.26. The van der Waals surface area contributed by atoms with E-state index < -0.39 is 0 Å². The molecule has 4 rings (SSSR count). The second-order valence-corrected chi connectivity index (χ2v) is 8.20. The van der Waals surface area contributed by atoms with Crippen LogP contribution in [0.3, 0.4) is 0 Å². The number of para-hydroxylation sites is 1. The fourth-order valence-electron chi connectivity index (χ4n) is 4.62. The number of rotatable bonds is 6. The summed E-state index contributed by atoms with van der Waals surface area (Å²) < 4.78 is 5.47. The minimum absolute atomic E-state index is 0.359. The molecule has 0 radical (unpaired) electrons. The Morgan fingerprint density at radius 2 is 2.00 bits per heavy atom. The molecule has 1 aromatic heterocycles. The summed E-state index contributed by atoms with van der Waals surface area (Å²) >= 11 is 0. The van der Waals surface area contributed by atoms with Crippen molar-refractivity contribution in [2.75, 3.05) is 33.3 Å². The maximum Gasteiger partial charge on any atom is 0.222 e. The summed E-state index contributed by atoms with van der Waals surface area (Å²) in [7, 11) is 1.70. The Labute approximate surface area is 167 Å². The van der Waals surface area contributed by atoms with Crippen molar-refractivity contribution in [1.82, 2.24) is 14.8 Å². The minimum atomic E-state index is 0.359. The lowest BCUT2D eigenvalue weighted by Crippen LogP contribution is -2.36. The summed E-state index contributed by atoms with van der Waals surface area (Å²) in [6.45, 7) is 4.98. The van der Waals surface area contributed by atoms with E-state index in [2.05, 4.69) is 23.1 Å². The van der Waals surface area contributed by atoms with E-state index >= 15 is 0 Å². The molecule has 2 aliphatic heterocycles. The van der Waals surface area contributed by atoms with Crippen LogP contribution in [0, 0.1) is 5.92 Å². The monoisotopic (exact) mass is 381 g/mol. The lowest BCUT2D eigenvalue weighted by atomic mass is 9.93. The van der Waals surface area contributed by atoms with E-state index in [1.165, 1.54) is 25.7 Å². The van der Waals surface area contributed by atoms with Crippen LogP contribution in [0.1, 0.15) is 44.2 Å². The molecule has 0 aliphatic carbocycles. The number of fused-ring (bicyclic) bond motifs is 1. The van der Waals surface area contributed by atoms with E-state index in [0.29, 0.717) is 18.2 Å². The molecule has 0 bridgehead atoms. The molecule has 3 heterocycles. The van der Waals surface area contributed by atoms with Crippen molar-refractivity contribution < 1.29 is 9.53 Å². The first-order chi connectivity index (χ1) is 13.7. The standard InChI is InChI=1S/C23H31N3O2/c1-28-21-8-4-7-19-10-11-20(24-23(19)21)17-25-13-5-6-18(16-25)9-12-22(27)26-14-2-3-15-26/h4,7-8,10-11,18H,2-3,5-6,9,12-17H2,1H3. The molecule has 1 aromatic carbocycles. The Bertz CT molecular complexity index is 817. The van der Waals surface area contributed by atoms with E-state index in [-0.39, 0.29) is 0 Å².